The average molecular weight is 272 g/mol. The topological polar surface area (TPSA) is 64.8 Å². The van der Waals surface area contributed by atoms with E-state index in [0.717, 1.165) is 32.5 Å². The molecule has 0 aromatic heterocycles. The Morgan fingerprint density at radius 1 is 1.37 bits per heavy atom. The van der Waals surface area contributed by atoms with E-state index in [1.807, 2.05) is 20.8 Å². The van der Waals surface area contributed by atoms with E-state index in [0.29, 0.717) is 13.2 Å². The van der Waals surface area contributed by atoms with Crippen LogP contribution >= 0.6 is 0 Å². The molecule has 5 nitrogen and oxygen atoms in total. The second-order valence-electron chi connectivity index (χ2n) is 6.20. The fourth-order valence-corrected chi connectivity index (χ4v) is 2.68. The van der Waals surface area contributed by atoms with Crippen molar-refractivity contribution in [3.63, 3.8) is 0 Å². The molecule has 1 aliphatic rings. The van der Waals surface area contributed by atoms with E-state index in [-0.39, 0.29) is 11.5 Å². The number of hydrogen-bond donors (Lipinski definition) is 1. The van der Waals surface area contributed by atoms with E-state index < -0.39 is 5.41 Å². The molecule has 0 aromatic carbocycles. The summed E-state index contributed by atoms with van der Waals surface area (Å²) >= 11 is 0. The fraction of sp³-hybridized carbons (Fsp3) is 0.929. The van der Waals surface area contributed by atoms with Crippen molar-refractivity contribution in [3.05, 3.63) is 0 Å². The second-order valence-corrected chi connectivity index (χ2v) is 6.20. The van der Waals surface area contributed by atoms with Crippen LogP contribution in [0.25, 0.3) is 0 Å². The Balaban J connectivity index is 2.62. The SMILES string of the molecule is CCOC(=O)C1(COC)CCN(CC(C)(C)N)CC1. The van der Waals surface area contributed by atoms with Gasteiger partial charge in [-0.05, 0) is 46.7 Å². The third kappa shape index (κ3) is 4.75. The van der Waals surface area contributed by atoms with Crippen LogP contribution in [-0.4, -0.2) is 56.4 Å². The molecule has 1 aliphatic heterocycles. The highest BCUT2D eigenvalue weighted by Gasteiger charge is 2.43. The van der Waals surface area contributed by atoms with Crippen LogP contribution in [-0.2, 0) is 14.3 Å². The zero-order chi connectivity index (χ0) is 14.5. The second kappa shape index (κ2) is 6.68. The van der Waals surface area contributed by atoms with Crippen LogP contribution in [0.5, 0.6) is 0 Å². The summed E-state index contributed by atoms with van der Waals surface area (Å²) in [7, 11) is 1.64. The molecule has 1 rings (SSSR count). The van der Waals surface area contributed by atoms with Gasteiger partial charge in [-0.2, -0.15) is 0 Å². The number of likely N-dealkylation sites (tertiary alicyclic amines) is 1. The van der Waals surface area contributed by atoms with Gasteiger partial charge in [0, 0.05) is 19.2 Å². The van der Waals surface area contributed by atoms with Crippen molar-refractivity contribution in [2.45, 2.75) is 39.2 Å². The Labute approximate surface area is 116 Å². The lowest BCUT2D eigenvalue weighted by Crippen LogP contribution is -2.52. The molecule has 1 fully saturated rings. The molecule has 0 aromatic rings. The summed E-state index contributed by atoms with van der Waals surface area (Å²) < 4.78 is 10.5. The molecule has 0 bridgehead atoms. The van der Waals surface area contributed by atoms with Gasteiger partial charge in [-0.1, -0.05) is 0 Å². The molecule has 2 N–H and O–H groups in total. The van der Waals surface area contributed by atoms with Gasteiger partial charge in [-0.25, -0.2) is 0 Å². The molecule has 1 heterocycles. The van der Waals surface area contributed by atoms with Crippen LogP contribution in [0.1, 0.15) is 33.6 Å². The van der Waals surface area contributed by atoms with Gasteiger partial charge < -0.3 is 20.1 Å². The summed E-state index contributed by atoms with van der Waals surface area (Å²) in [4.78, 5) is 14.5. The molecule has 1 saturated heterocycles. The summed E-state index contributed by atoms with van der Waals surface area (Å²) in [6, 6.07) is 0. The Bertz CT molecular complexity index is 292. The number of carbonyl (C=O) groups is 1. The molecule has 0 spiro atoms. The summed E-state index contributed by atoms with van der Waals surface area (Å²) in [5, 5.41) is 0. The van der Waals surface area contributed by atoms with Crippen molar-refractivity contribution < 1.29 is 14.3 Å². The highest BCUT2D eigenvalue weighted by molar-refractivity contribution is 5.77. The third-order valence-corrected chi connectivity index (χ3v) is 3.57. The Kier molecular flexibility index (Phi) is 5.77. The highest BCUT2D eigenvalue weighted by atomic mass is 16.5. The number of carbonyl (C=O) groups excluding carboxylic acids is 1. The Morgan fingerprint density at radius 2 is 1.95 bits per heavy atom. The lowest BCUT2D eigenvalue weighted by molar-refractivity contribution is -0.162. The molecule has 0 radical (unpaired) electrons. The van der Waals surface area contributed by atoms with Gasteiger partial charge in [0.05, 0.1) is 18.6 Å². The van der Waals surface area contributed by atoms with Crippen LogP contribution in [0, 0.1) is 5.41 Å². The minimum Gasteiger partial charge on any atom is -0.465 e. The maximum atomic E-state index is 12.2. The summed E-state index contributed by atoms with van der Waals surface area (Å²) in [6.45, 7) is 9.31. The molecule has 112 valence electrons. The minimum absolute atomic E-state index is 0.122. The fourth-order valence-electron chi connectivity index (χ4n) is 2.68. The minimum atomic E-state index is -0.472. The van der Waals surface area contributed by atoms with Gasteiger partial charge in [0.15, 0.2) is 0 Å². The van der Waals surface area contributed by atoms with E-state index in [2.05, 4.69) is 4.90 Å². The maximum Gasteiger partial charge on any atom is 0.314 e. The summed E-state index contributed by atoms with van der Waals surface area (Å²) in [6.07, 6.45) is 1.55. The van der Waals surface area contributed by atoms with Crippen molar-refractivity contribution in [3.8, 4) is 0 Å². The Morgan fingerprint density at radius 3 is 2.37 bits per heavy atom. The zero-order valence-corrected chi connectivity index (χ0v) is 12.7. The van der Waals surface area contributed by atoms with Crippen LogP contribution < -0.4 is 5.73 Å². The van der Waals surface area contributed by atoms with Gasteiger partial charge in [-0.15, -0.1) is 0 Å². The zero-order valence-electron chi connectivity index (χ0n) is 12.7. The number of esters is 1. The van der Waals surface area contributed by atoms with E-state index in [1.54, 1.807) is 7.11 Å². The number of methoxy groups -OCH3 is 1. The molecule has 19 heavy (non-hydrogen) atoms. The number of ether oxygens (including phenoxy) is 2. The van der Waals surface area contributed by atoms with E-state index in [1.165, 1.54) is 0 Å². The monoisotopic (exact) mass is 272 g/mol. The molecular formula is C14H28N2O3. The van der Waals surface area contributed by atoms with E-state index in [9.17, 15) is 4.79 Å². The van der Waals surface area contributed by atoms with Gasteiger partial charge in [-0.3, -0.25) is 4.79 Å². The molecule has 0 saturated carbocycles. The van der Waals surface area contributed by atoms with Crippen LogP contribution in [0.4, 0.5) is 0 Å². The predicted molar refractivity (Wildman–Crippen MR) is 74.9 cm³/mol. The summed E-state index contributed by atoms with van der Waals surface area (Å²) in [5.41, 5.74) is 5.37. The average Bonchev–Trinajstić information content (AvgIpc) is 2.30. The van der Waals surface area contributed by atoms with Crippen molar-refractivity contribution in [1.29, 1.82) is 0 Å². The Hall–Kier alpha value is -0.650. The summed E-state index contributed by atoms with van der Waals surface area (Å²) in [5.74, 6) is -0.122. The normalized spacial score (nSPS) is 20.3. The molecule has 0 aliphatic carbocycles. The van der Waals surface area contributed by atoms with Crippen LogP contribution in [0.15, 0.2) is 0 Å². The number of nitrogens with two attached hydrogens (primary N) is 1. The predicted octanol–water partition coefficient (Wildman–Crippen LogP) is 1.02. The number of nitrogens with zero attached hydrogens (tertiary/aromatic N) is 1. The van der Waals surface area contributed by atoms with E-state index >= 15 is 0 Å². The van der Waals surface area contributed by atoms with Gasteiger partial charge in [0.25, 0.3) is 0 Å². The first-order chi connectivity index (χ1) is 8.83. The standard InChI is InChI=1S/C14H28N2O3/c1-5-19-12(17)14(11-18-4)6-8-16(9-7-14)10-13(2,3)15/h5-11,15H2,1-4H3. The number of piperidine rings is 1. The maximum absolute atomic E-state index is 12.2. The highest BCUT2D eigenvalue weighted by Crippen LogP contribution is 2.33. The van der Waals surface area contributed by atoms with Crippen molar-refractivity contribution in [2.24, 2.45) is 11.1 Å². The quantitative estimate of drug-likeness (QED) is 0.731. The van der Waals surface area contributed by atoms with Crippen LogP contribution in [0.3, 0.4) is 0 Å². The van der Waals surface area contributed by atoms with Crippen molar-refractivity contribution >= 4 is 5.97 Å². The lowest BCUT2D eigenvalue weighted by atomic mass is 9.78. The number of hydrogen-bond acceptors (Lipinski definition) is 5. The molecule has 5 heteroatoms. The molecular weight excluding hydrogens is 244 g/mol. The van der Waals surface area contributed by atoms with Crippen molar-refractivity contribution in [1.82, 2.24) is 4.90 Å². The van der Waals surface area contributed by atoms with Gasteiger partial charge in [0.1, 0.15) is 0 Å². The number of rotatable bonds is 6. The first kappa shape index (κ1) is 16.4. The molecule has 0 amide bonds. The third-order valence-electron chi connectivity index (χ3n) is 3.57. The largest absolute Gasteiger partial charge is 0.465 e. The van der Waals surface area contributed by atoms with E-state index in [4.69, 9.17) is 15.2 Å². The first-order valence-corrected chi connectivity index (χ1v) is 7.00. The van der Waals surface area contributed by atoms with Crippen LogP contribution in [0.2, 0.25) is 0 Å². The molecule has 0 unspecified atom stereocenters. The van der Waals surface area contributed by atoms with Gasteiger partial charge >= 0.3 is 5.97 Å². The lowest BCUT2D eigenvalue weighted by Gasteiger charge is -2.41. The van der Waals surface area contributed by atoms with Crippen molar-refractivity contribution in [2.75, 3.05) is 40.0 Å². The first-order valence-electron chi connectivity index (χ1n) is 7.00. The van der Waals surface area contributed by atoms with Gasteiger partial charge in [0.2, 0.25) is 0 Å². The smallest absolute Gasteiger partial charge is 0.314 e. The molecule has 0 atom stereocenters.